The maximum atomic E-state index is 12.4. The Bertz CT molecular complexity index is 708. The van der Waals surface area contributed by atoms with Crippen LogP contribution in [0.15, 0.2) is 24.5 Å². The lowest BCUT2D eigenvalue weighted by atomic mass is 10.2. The molecule has 0 radical (unpaired) electrons. The lowest BCUT2D eigenvalue weighted by Crippen LogP contribution is -2.39. The van der Waals surface area contributed by atoms with Crippen molar-refractivity contribution in [1.82, 2.24) is 20.1 Å². The molecule has 1 saturated heterocycles. The van der Waals surface area contributed by atoms with Gasteiger partial charge in [0.05, 0.1) is 11.9 Å². The minimum atomic E-state index is -0.0397. The molecule has 0 aromatic carbocycles. The summed E-state index contributed by atoms with van der Waals surface area (Å²) in [5, 5.41) is 10.7. The lowest BCUT2D eigenvalue weighted by Gasteiger charge is -2.22. The van der Waals surface area contributed by atoms with Crippen LogP contribution in [0.4, 0.5) is 5.69 Å². The highest BCUT2D eigenvalue weighted by molar-refractivity contribution is 7.99. The Morgan fingerprint density at radius 1 is 1.50 bits per heavy atom. The van der Waals surface area contributed by atoms with Gasteiger partial charge in [-0.05, 0) is 19.1 Å². The van der Waals surface area contributed by atoms with Crippen molar-refractivity contribution >= 4 is 48.2 Å². The van der Waals surface area contributed by atoms with Crippen molar-refractivity contribution in [2.75, 3.05) is 23.4 Å². The van der Waals surface area contributed by atoms with E-state index in [-0.39, 0.29) is 36.8 Å². The first-order valence-corrected chi connectivity index (χ1v) is 9.01. The topological polar surface area (TPSA) is 81.1 Å². The number of hydrogen-bond acceptors (Lipinski definition) is 6. The molecule has 2 aromatic heterocycles. The molecule has 0 bridgehead atoms. The van der Waals surface area contributed by atoms with E-state index in [4.69, 9.17) is 4.74 Å². The number of halogens is 2. The van der Waals surface area contributed by atoms with Gasteiger partial charge in [-0.15, -0.1) is 24.8 Å². The molecule has 3 rings (SSSR count). The van der Waals surface area contributed by atoms with Gasteiger partial charge in [-0.2, -0.15) is 16.9 Å². The molecule has 1 aliphatic rings. The molecule has 2 N–H and O–H groups in total. The minimum Gasteiger partial charge on any atom is -0.436 e. The number of pyridine rings is 1. The Hall–Kier alpha value is -1.48. The number of carbonyl (C=O) groups is 1. The first-order valence-electron chi connectivity index (χ1n) is 7.86. The van der Waals surface area contributed by atoms with Gasteiger partial charge >= 0.3 is 0 Å². The highest BCUT2D eigenvalue weighted by atomic mass is 35.5. The molecule has 7 nitrogen and oxygen atoms in total. The molecule has 1 unspecified atom stereocenters. The van der Waals surface area contributed by atoms with Crippen LogP contribution in [-0.4, -0.2) is 44.8 Å². The number of ether oxygens (including phenoxy) is 1. The molecule has 0 aliphatic carbocycles. The summed E-state index contributed by atoms with van der Waals surface area (Å²) in [5.74, 6) is 3.12. The second-order valence-corrected chi connectivity index (χ2v) is 6.81. The van der Waals surface area contributed by atoms with E-state index < -0.39 is 0 Å². The van der Waals surface area contributed by atoms with Crippen LogP contribution in [0.1, 0.15) is 12.1 Å². The van der Waals surface area contributed by atoms with Crippen LogP contribution in [0, 0.1) is 6.92 Å². The van der Waals surface area contributed by atoms with Gasteiger partial charge in [0, 0.05) is 43.8 Å². The largest absolute Gasteiger partial charge is 0.436 e. The molecule has 26 heavy (non-hydrogen) atoms. The zero-order chi connectivity index (χ0) is 16.9. The molecule has 0 saturated carbocycles. The third kappa shape index (κ3) is 5.77. The average Bonchev–Trinajstić information content (AvgIpc) is 2.84. The average molecular weight is 420 g/mol. The monoisotopic (exact) mass is 419 g/mol. The summed E-state index contributed by atoms with van der Waals surface area (Å²) in [6.45, 7) is 2.80. The normalized spacial score (nSPS) is 16.2. The van der Waals surface area contributed by atoms with Crippen LogP contribution in [-0.2, 0) is 11.8 Å². The van der Waals surface area contributed by atoms with Crippen molar-refractivity contribution in [3.8, 4) is 11.6 Å². The Balaban J connectivity index is 0.00000169. The second-order valence-electron chi connectivity index (χ2n) is 5.66. The Morgan fingerprint density at radius 2 is 2.31 bits per heavy atom. The zero-order valence-corrected chi connectivity index (χ0v) is 17.0. The first kappa shape index (κ1) is 22.6. The molecule has 2 aromatic rings. The van der Waals surface area contributed by atoms with Gasteiger partial charge in [-0.3, -0.25) is 9.78 Å². The highest BCUT2D eigenvalue weighted by Gasteiger charge is 2.21. The number of thioether (sulfide) groups is 1. The molecular weight excluding hydrogens is 397 g/mol. The van der Waals surface area contributed by atoms with Crippen molar-refractivity contribution in [2.24, 2.45) is 7.05 Å². The van der Waals surface area contributed by atoms with Crippen LogP contribution >= 0.6 is 36.6 Å². The molecule has 10 heteroatoms. The van der Waals surface area contributed by atoms with Crippen molar-refractivity contribution in [3.05, 3.63) is 30.2 Å². The molecule has 1 fully saturated rings. The van der Waals surface area contributed by atoms with Crippen LogP contribution in [0.3, 0.4) is 0 Å². The number of anilines is 1. The van der Waals surface area contributed by atoms with E-state index >= 15 is 0 Å². The van der Waals surface area contributed by atoms with Gasteiger partial charge in [-0.1, -0.05) is 0 Å². The fourth-order valence-corrected chi connectivity index (χ4v) is 3.53. The number of carbonyl (C=O) groups excluding carboxylic acids is 1. The summed E-state index contributed by atoms with van der Waals surface area (Å²) < 4.78 is 7.47. The summed E-state index contributed by atoms with van der Waals surface area (Å²) >= 11 is 1.87. The van der Waals surface area contributed by atoms with Crippen molar-refractivity contribution in [2.45, 2.75) is 19.4 Å². The SMILES string of the molecule is Cc1nn(C)c(Oc2cccnc2)c1NC(=O)CC1CSCCN1.Cl.Cl. The number of hydrogen-bond donors (Lipinski definition) is 2. The van der Waals surface area contributed by atoms with E-state index in [1.165, 1.54) is 0 Å². The van der Waals surface area contributed by atoms with Crippen molar-refractivity contribution < 1.29 is 9.53 Å². The summed E-state index contributed by atoms with van der Waals surface area (Å²) in [7, 11) is 1.79. The van der Waals surface area contributed by atoms with Gasteiger partial charge in [0.15, 0.2) is 0 Å². The maximum absolute atomic E-state index is 12.4. The van der Waals surface area contributed by atoms with E-state index in [1.54, 1.807) is 30.2 Å². The minimum absolute atomic E-state index is 0. The van der Waals surface area contributed by atoms with Gasteiger partial charge in [0.1, 0.15) is 11.4 Å². The Morgan fingerprint density at radius 3 is 2.96 bits per heavy atom. The van der Waals surface area contributed by atoms with Gasteiger partial charge in [0.2, 0.25) is 11.8 Å². The predicted octanol–water partition coefficient (Wildman–Crippen LogP) is 2.79. The second kappa shape index (κ2) is 10.6. The van der Waals surface area contributed by atoms with Gasteiger partial charge in [-0.25, -0.2) is 4.68 Å². The standard InChI is InChI=1S/C16H21N5O2S.2ClH/c1-11-15(19-14(22)8-12-10-24-7-6-18-12)16(21(2)20-11)23-13-4-3-5-17-9-13;;/h3-5,9,12,18H,6-8,10H2,1-2H3,(H,19,22);2*1H. The highest BCUT2D eigenvalue weighted by Crippen LogP contribution is 2.31. The summed E-state index contributed by atoms with van der Waals surface area (Å²) in [4.78, 5) is 16.4. The smallest absolute Gasteiger partial charge is 0.241 e. The van der Waals surface area contributed by atoms with E-state index in [0.29, 0.717) is 23.7 Å². The molecule has 1 aliphatic heterocycles. The fourth-order valence-electron chi connectivity index (χ4n) is 2.58. The molecule has 1 atom stereocenters. The van der Waals surface area contributed by atoms with Crippen molar-refractivity contribution in [1.29, 1.82) is 0 Å². The predicted molar refractivity (Wildman–Crippen MR) is 109 cm³/mol. The van der Waals surface area contributed by atoms with E-state index in [9.17, 15) is 4.79 Å². The van der Waals surface area contributed by atoms with E-state index in [1.807, 2.05) is 24.8 Å². The summed E-state index contributed by atoms with van der Waals surface area (Å²) in [6.07, 6.45) is 3.74. The maximum Gasteiger partial charge on any atom is 0.241 e. The summed E-state index contributed by atoms with van der Waals surface area (Å²) in [6, 6.07) is 3.82. The third-order valence-corrected chi connectivity index (χ3v) is 4.84. The number of amides is 1. The zero-order valence-electron chi connectivity index (χ0n) is 14.6. The number of aromatic nitrogens is 3. The fraction of sp³-hybridized carbons (Fsp3) is 0.438. The third-order valence-electron chi connectivity index (χ3n) is 3.71. The van der Waals surface area contributed by atoms with Crippen LogP contribution in [0.2, 0.25) is 0 Å². The number of nitrogens with one attached hydrogen (secondary N) is 2. The van der Waals surface area contributed by atoms with E-state index in [0.717, 1.165) is 23.7 Å². The van der Waals surface area contributed by atoms with Gasteiger partial charge < -0.3 is 15.4 Å². The first-order chi connectivity index (χ1) is 11.6. The van der Waals surface area contributed by atoms with Crippen LogP contribution in [0.5, 0.6) is 11.6 Å². The molecular formula is C16H23Cl2N5O2S. The Kier molecular flexibility index (Phi) is 9.21. The number of nitrogens with zero attached hydrogens (tertiary/aromatic N) is 3. The molecule has 0 spiro atoms. The van der Waals surface area contributed by atoms with Crippen LogP contribution in [0.25, 0.3) is 0 Å². The molecule has 3 heterocycles. The molecule has 144 valence electrons. The van der Waals surface area contributed by atoms with Crippen LogP contribution < -0.4 is 15.4 Å². The van der Waals surface area contributed by atoms with Gasteiger partial charge in [0.25, 0.3) is 0 Å². The number of rotatable bonds is 5. The van der Waals surface area contributed by atoms with Crippen molar-refractivity contribution in [3.63, 3.8) is 0 Å². The summed E-state index contributed by atoms with van der Waals surface area (Å²) in [5.41, 5.74) is 1.32. The van der Waals surface area contributed by atoms with E-state index in [2.05, 4.69) is 20.7 Å². The number of aryl methyl sites for hydroxylation is 2. The lowest BCUT2D eigenvalue weighted by molar-refractivity contribution is -0.116. The quantitative estimate of drug-likeness (QED) is 0.775. The Labute approximate surface area is 169 Å². The molecule has 1 amide bonds.